The molecule has 0 heterocycles. The number of methoxy groups -OCH3 is 1. The molecule has 180 valence electrons. The van der Waals surface area contributed by atoms with Gasteiger partial charge in [-0.2, -0.15) is 0 Å². The molecule has 0 spiro atoms. The molecule has 0 aliphatic rings. The second-order valence-electron chi connectivity index (χ2n) is 7.60. The molecule has 0 amide bonds. The Hall–Kier alpha value is -4.24. The highest BCUT2D eigenvalue weighted by Gasteiger charge is 2.14. The predicted octanol–water partition coefficient (Wildman–Crippen LogP) is 5.37. The van der Waals surface area contributed by atoms with Crippen LogP contribution in [0.3, 0.4) is 0 Å². The molecule has 0 aromatic heterocycles. The molecule has 1 atom stereocenters. The lowest BCUT2D eigenvalue weighted by atomic mass is 9.96. The number of hydrogen-bond acceptors (Lipinski definition) is 6. The average molecular weight is 472 g/mol. The third-order valence-electron chi connectivity index (χ3n) is 5.21. The van der Waals surface area contributed by atoms with Gasteiger partial charge in [0.2, 0.25) is 0 Å². The van der Waals surface area contributed by atoms with Crippen LogP contribution in [0.25, 0.3) is 0 Å². The summed E-state index contributed by atoms with van der Waals surface area (Å²) in [7, 11) is 2.90. The second-order valence-corrected chi connectivity index (χ2v) is 7.60. The van der Waals surface area contributed by atoms with Crippen LogP contribution in [-0.4, -0.2) is 32.5 Å². The van der Waals surface area contributed by atoms with Crippen LogP contribution in [0.2, 0.25) is 0 Å². The Kier molecular flexibility index (Phi) is 9.76. The highest BCUT2D eigenvalue weighted by molar-refractivity contribution is 6.01. The molecule has 0 saturated carbocycles. The molecule has 3 rings (SSSR count). The Morgan fingerprint density at radius 2 is 1.54 bits per heavy atom. The molecule has 0 bridgehead atoms. The van der Waals surface area contributed by atoms with Crippen LogP contribution in [0.1, 0.15) is 36.0 Å². The lowest BCUT2D eigenvalue weighted by Crippen LogP contribution is -2.13. The van der Waals surface area contributed by atoms with Gasteiger partial charge in [0.05, 0.1) is 19.4 Å². The summed E-state index contributed by atoms with van der Waals surface area (Å²) in [4.78, 5) is 16.6. The maximum Gasteiger partial charge on any atom is 0.307 e. The average Bonchev–Trinajstić information content (AvgIpc) is 2.91. The summed E-state index contributed by atoms with van der Waals surface area (Å²) in [6.07, 6.45) is 0.218. The number of oxime groups is 1. The molecular weight excluding hydrogens is 442 g/mol. The highest BCUT2D eigenvalue weighted by Crippen LogP contribution is 2.23. The summed E-state index contributed by atoms with van der Waals surface area (Å²) in [5.74, 6) is 6.92. The third kappa shape index (κ3) is 7.94. The van der Waals surface area contributed by atoms with E-state index in [0.29, 0.717) is 18.9 Å². The minimum absolute atomic E-state index is 0.203. The van der Waals surface area contributed by atoms with Crippen LogP contribution in [-0.2, 0) is 21.0 Å². The SMILES string of the molecule is CC#CC(CC(=O)OC)c1ccc(OCc2ccc(OC/C(=N\OC)c3ccccc3)cc2)cc1. The zero-order valence-electron chi connectivity index (χ0n) is 20.2. The van der Waals surface area contributed by atoms with Gasteiger partial charge in [0.1, 0.15) is 37.5 Å². The van der Waals surface area contributed by atoms with Gasteiger partial charge in [-0.3, -0.25) is 4.79 Å². The number of carbonyl (C=O) groups excluding carboxylic acids is 1. The van der Waals surface area contributed by atoms with E-state index in [0.717, 1.165) is 28.2 Å². The van der Waals surface area contributed by atoms with Gasteiger partial charge in [0, 0.05) is 5.56 Å². The molecule has 0 radical (unpaired) electrons. The van der Waals surface area contributed by atoms with Gasteiger partial charge in [-0.05, 0) is 42.3 Å². The molecule has 6 nitrogen and oxygen atoms in total. The molecule has 1 unspecified atom stereocenters. The molecule has 0 aliphatic heterocycles. The number of esters is 1. The summed E-state index contributed by atoms with van der Waals surface area (Å²) >= 11 is 0. The van der Waals surface area contributed by atoms with Crippen molar-refractivity contribution in [2.75, 3.05) is 20.8 Å². The van der Waals surface area contributed by atoms with E-state index in [4.69, 9.17) is 19.0 Å². The molecule has 35 heavy (non-hydrogen) atoms. The predicted molar refractivity (Wildman–Crippen MR) is 136 cm³/mol. The van der Waals surface area contributed by atoms with E-state index in [2.05, 4.69) is 17.0 Å². The van der Waals surface area contributed by atoms with Crippen molar-refractivity contribution in [3.05, 3.63) is 95.6 Å². The Morgan fingerprint density at radius 3 is 2.17 bits per heavy atom. The van der Waals surface area contributed by atoms with E-state index >= 15 is 0 Å². The second kappa shape index (κ2) is 13.5. The number of nitrogens with zero attached hydrogens (tertiary/aromatic N) is 1. The van der Waals surface area contributed by atoms with Crippen LogP contribution in [0.4, 0.5) is 0 Å². The Balaban J connectivity index is 1.54. The summed E-state index contributed by atoms with van der Waals surface area (Å²) in [5.41, 5.74) is 3.62. The van der Waals surface area contributed by atoms with Crippen LogP contribution < -0.4 is 9.47 Å². The lowest BCUT2D eigenvalue weighted by molar-refractivity contribution is -0.140. The van der Waals surface area contributed by atoms with E-state index in [-0.39, 0.29) is 18.3 Å². The number of rotatable bonds is 11. The fraction of sp³-hybridized carbons (Fsp3) is 0.241. The van der Waals surface area contributed by atoms with Crippen molar-refractivity contribution >= 4 is 11.7 Å². The fourth-order valence-corrected chi connectivity index (χ4v) is 3.38. The molecule has 3 aromatic carbocycles. The van der Waals surface area contributed by atoms with Crippen LogP contribution in [0.15, 0.2) is 84.0 Å². The molecule has 6 heteroatoms. The number of ether oxygens (including phenoxy) is 3. The van der Waals surface area contributed by atoms with Crippen LogP contribution in [0, 0.1) is 11.8 Å². The van der Waals surface area contributed by atoms with Gasteiger partial charge in [0.15, 0.2) is 0 Å². The van der Waals surface area contributed by atoms with E-state index in [1.54, 1.807) is 6.92 Å². The van der Waals surface area contributed by atoms with Crippen molar-refractivity contribution < 1.29 is 23.8 Å². The number of hydrogen-bond donors (Lipinski definition) is 0. The first-order chi connectivity index (χ1) is 17.1. The quantitative estimate of drug-likeness (QED) is 0.163. The Bertz CT molecular complexity index is 1160. The summed E-state index contributed by atoms with van der Waals surface area (Å²) in [6.45, 7) is 2.47. The number of carbonyl (C=O) groups is 1. The fourth-order valence-electron chi connectivity index (χ4n) is 3.38. The van der Waals surface area contributed by atoms with Crippen molar-refractivity contribution in [1.29, 1.82) is 0 Å². The van der Waals surface area contributed by atoms with Crippen LogP contribution >= 0.6 is 0 Å². The van der Waals surface area contributed by atoms with E-state index in [1.165, 1.54) is 14.2 Å². The van der Waals surface area contributed by atoms with Crippen molar-refractivity contribution in [2.45, 2.75) is 25.9 Å². The topological polar surface area (TPSA) is 66.4 Å². The Labute approximate surface area is 206 Å². The van der Waals surface area contributed by atoms with Crippen LogP contribution in [0.5, 0.6) is 11.5 Å². The highest BCUT2D eigenvalue weighted by atomic mass is 16.6. The molecule has 3 aromatic rings. The monoisotopic (exact) mass is 471 g/mol. The molecule has 0 fully saturated rings. The van der Waals surface area contributed by atoms with E-state index in [9.17, 15) is 4.79 Å². The summed E-state index contributed by atoms with van der Waals surface area (Å²) in [6, 6.07) is 25.1. The summed E-state index contributed by atoms with van der Waals surface area (Å²) < 4.78 is 16.6. The normalized spacial score (nSPS) is 11.6. The minimum atomic E-state index is -0.284. The molecule has 0 saturated heterocycles. The maximum atomic E-state index is 11.7. The van der Waals surface area contributed by atoms with E-state index < -0.39 is 0 Å². The van der Waals surface area contributed by atoms with Gasteiger partial charge in [-0.25, -0.2) is 0 Å². The first-order valence-corrected chi connectivity index (χ1v) is 11.2. The first-order valence-electron chi connectivity index (χ1n) is 11.2. The lowest BCUT2D eigenvalue weighted by Gasteiger charge is -2.12. The minimum Gasteiger partial charge on any atom is -0.489 e. The number of benzene rings is 3. The van der Waals surface area contributed by atoms with Crippen molar-refractivity contribution in [3.63, 3.8) is 0 Å². The Morgan fingerprint density at radius 1 is 0.886 bits per heavy atom. The third-order valence-corrected chi connectivity index (χ3v) is 5.21. The van der Waals surface area contributed by atoms with Gasteiger partial charge in [-0.1, -0.05) is 65.7 Å². The molecule has 0 N–H and O–H groups in total. The van der Waals surface area contributed by atoms with Crippen molar-refractivity contribution in [1.82, 2.24) is 0 Å². The maximum absolute atomic E-state index is 11.7. The van der Waals surface area contributed by atoms with Gasteiger partial charge in [0.25, 0.3) is 0 Å². The summed E-state index contributed by atoms with van der Waals surface area (Å²) in [5, 5.41) is 4.08. The first kappa shape index (κ1) is 25.4. The largest absolute Gasteiger partial charge is 0.489 e. The molecule has 0 aliphatic carbocycles. The van der Waals surface area contributed by atoms with E-state index in [1.807, 2.05) is 78.9 Å². The van der Waals surface area contributed by atoms with Crippen molar-refractivity contribution in [2.24, 2.45) is 5.16 Å². The van der Waals surface area contributed by atoms with Gasteiger partial charge >= 0.3 is 5.97 Å². The smallest absolute Gasteiger partial charge is 0.307 e. The van der Waals surface area contributed by atoms with Gasteiger partial charge in [-0.15, -0.1) is 5.92 Å². The molecular formula is C29H29NO5. The zero-order valence-corrected chi connectivity index (χ0v) is 20.2. The van der Waals surface area contributed by atoms with Crippen molar-refractivity contribution in [3.8, 4) is 23.3 Å². The van der Waals surface area contributed by atoms with Gasteiger partial charge < -0.3 is 19.0 Å². The standard InChI is InChI=1S/C29H29NO5/c1-4-8-25(19-29(31)32-2)23-13-17-27(18-14-23)34-20-22-11-15-26(16-12-22)35-21-28(30-33-3)24-9-6-5-7-10-24/h5-7,9-18,25H,19-21H2,1-3H3/b30-28+. The zero-order chi connectivity index (χ0) is 24.9.